The lowest BCUT2D eigenvalue weighted by Crippen LogP contribution is -2.41. The normalized spacial score (nSPS) is 15.0. The Bertz CT molecular complexity index is 708. The van der Waals surface area contributed by atoms with E-state index in [2.05, 4.69) is 20.7 Å². The highest BCUT2D eigenvalue weighted by Crippen LogP contribution is 2.38. The lowest BCUT2D eigenvalue weighted by molar-refractivity contribution is -0.118. The number of carbonyl (C=O) groups is 1. The van der Waals surface area contributed by atoms with Crippen LogP contribution in [0.4, 0.5) is 5.69 Å². The number of carbonyl (C=O) groups excluding carboxylic acids is 1. The highest BCUT2D eigenvalue weighted by atomic mass is 79.9. The smallest absolute Gasteiger partial charge is 0.243 e. The number of rotatable bonds is 3. The van der Waals surface area contributed by atoms with E-state index in [1.807, 2.05) is 6.07 Å². The SMILES string of the molecule is CCC(=O)N1CCc2cc(Br)cc(S(=O)(=O)NC(C)(C)C)c21. The molecule has 0 saturated carbocycles. The largest absolute Gasteiger partial charge is 0.310 e. The van der Waals surface area contributed by atoms with Crippen molar-refractivity contribution in [1.82, 2.24) is 4.72 Å². The minimum absolute atomic E-state index is 0.0618. The topological polar surface area (TPSA) is 66.5 Å². The van der Waals surface area contributed by atoms with Crippen LogP contribution in [0.3, 0.4) is 0 Å². The monoisotopic (exact) mass is 388 g/mol. The van der Waals surface area contributed by atoms with Crippen LogP contribution in [-0.2, 0) is 21.2 Å². The summed E-state index contributed by atoms with van der Waals surface area (Å²) in [4.78, 5) is 13.9. The van der Waals surface area contributed by atoms with Gasteiger partial charge >= 0.3 is 0 Å². The van der Waals surface area contributed by atoms with Gasteiger partial charge in [0.25, 0.3) is 0 Å². The second-order valence-electron chi connectivity index (χ2n) is 6.42. The van der Waals surface area contributed by atoms with Crippen LogP contribution < -0.4 is 9.62 Å². The minimum Gasteiger partial charge on any atom is -0.310 e. The number of hydrogen-bond acceptors (Lipinski definition) is 3. The van der Waals surface area contributed by atoms with Crippen molar-refractivity contribution in [2.45, 2.75) is 51.0 Å². The van der Waals surface area contributed by atoms with Crippen molar-refractivity contribution in [3.8, 4) is 0 Å². The Hall–Kier alpha value is -0.920. The van der Waals surface area contributed by atoms with E-state index >= 15 is 0 Å². The van der Waals surface area contributed by atoms with E-state index in [1.165, 1.54) is 0 Å². The minimum atomic E-state index is -3.71. The summed E-state index contributed by atoms with van der Waals surface area (Å²) in [5, 5.41) is 0. The highest BCUT2D eigenvalue weighted by Gasteiger charge is 2.33. The fraction of sp³-hybridized carbons (Fsp3) is 0.533. The molecule has 0 aliphatic carbocycles. The van der Waals surface area contributed by atoms with Crippen molar-refractivity contribution in [3.05, 3.63) is 22.2 Å². The number of nitrogens with one attached hydrogen (secondary N) is 1. The van der Waals surface area contributed by atoms with Gasteiger partial charge in [-0.15, -0.1) is 0 Å². The van der Waals surface area contributed by atoms with Crippen molar-refractivity contribution in [1.29, 1.82) is 0 Å². The molecule has 0 atom stereocenters. The Morgan fingerprint density at radius 3 is 2.55 bits per heavy atom. The summed E-state index contributed by atoms with van der Waals surface area (Å²) in [6.45, 7) is 7.67. The lowest BCUT2D eigenvalue weighted by Gasteiger charge is -2.24. The van der Waals surface area contributed by atoms with Crippen molar-refractivity contribution in [2.24, 2.45) is 0 Å². The van der Waals surface area contributed by atoms with Crippen LogP contribution in [-0.4, -0.2) is 26.4 Å². The predicted octanol–water partition coefficient (Wildman–Crippen LogP) is 2.83. The van der Waals surface area contributed by atoms with E-state index < -0.39 is 15.6 Å². The molecule has 1 aliphatic heterocycles. The van der Waals surface area contributed by atoms with Gasteiger partial charge in [0.05, 0.1) is 5.69 Å². The number of hydrogen-bond donors (Lipinski definition) is 1. The quantitative estimate of drug-likeness (QED) is 0.865. The van der Waals surface area contributed by atoms with E-state index in [4.69, 9.17) is 0 Å². The molecule has 0 radical (unpaired) electrons. The van der Waals surface area contributed by atoms with Crippen molar-refractivity contribution in [2.75, 3.05) is 11.4 Å². The van der Waals surface area contributed by atoms with Gasteiger partial charge in [0, 0.05) is 23.0 Å². The number of sulfonamides is 1. The Labute approximate surface area is 140 Å². The molecule has 0 fully saturated rings. The molecule has 22 heavy (non-hydrogen) atoms. The zero-order chi connectivity index (χ0) is 16.7. The molecule has 1 aromatic carbocycles. The Balaban J connectivity index is 2.61. The summed E-state index contributed by atoms with van der Waals surface area (Å²) >= 11 is 3.37. The molecule has 0 spiro atoms. The van der Waals surface area contributed by atoms with Gasteiger partial charge in [0.2, 0.25) is 15.9 Å². The van der Waals surface area contributed by atoms with Crippen LogP contribution in [0.25, 0.3) is 0 Å². The number of halogens is 1. The van der Waals surface area contributed by atoms with Crippen LogP contribution in [0.15, 0.2) is 21.5 Å². The summed E-state index contributed by atoms with van der Waals surface area (Å²) in [5.41, 5.74) is 0.809. The predicted molar refractivity (Wildman–Crippen MR) is 90.6 cm³/mol. The van der Waals surface area contributed by atoms with Gasteiger partial charge in [0.1, 0.15) is 4.90 Å². The Morgan fingerprint density at radius 1 is 1.36 bits per heavy atom. The van der Waals surface area contributed by atoms with Gasteiger partial charge in [-0.3, -0.25) is 4.79 Å². The number of amides is 1. The number of anilines is 1. The molecule has 7 heteroatoms. The molecule has 0 bridgehead atoms. The van der Waals surface area contributed by atoms with Gasteiger partial charge in [-0.25, -0.2) is 13.1 Å². The first-order chi connectivity index (χ1) is 10.0. The number of fused-ring (bicyclic) bond motifs is 1. The molecule has 1 heterocycles. The fourth-order valence-corrected chi connectivity index (χ4v) is 4.92. The van der Waals surface area contributed by atoms with Crippen molar-refractivity contribution < 1.29 is 13.2 Å². The van der Waals surface area contributed by atoms with E-state index in [0.717, 1.165) is 5.56 Å². The molecular weight excluding hydrogens is 368 g/mol. The summed E-state index contributed by atoms with van der Waals surface area (Å²) in [5.74, 6) is -0.0618. The maximum Gasteiger partial charge on any atom is 0.243 e. The standard InChI is InChI=1S/C15H21BrN2O3S/c1-5-13(19)18-7-6-10-8-11(16)9-12(14(10)18)22(20,21)17-15(2,3)4/h8-9,17H,5-7H2,1-4H3. The van der Waals surface area contributed by atoms with Crippen LogP contribution in [0.5, 0.6) is 0 Å². The molecule has 1 N–H and O–H groups in total. The molecule has 122 valence electrons. The maximum atomic E-state index is 12.7. The highest BCUT2D eigenvalue weighted by molar-refractivity contribution is 9.10. The van der Waals surface area contributed by atoms with E-state index in [0.29, 0.717) is 29.5 Å². The van der Waals surface area contributed by atoms with Gasteiger partial charge in [-0.05, 0) is 44.9 Å². The molecule has 5 nitrogen and oxygen atoms in total. The van der Waals surface area contributed by atoms with Crippen LogP contribution >= 0.6 is 15.9 Å². The third-order valence-electron chi connectivity index (χ3n) is 3.33. The van der Waals surface area contributed by atoms with E-state index in [1.54, 1.807) is 38.7 Å². The maximum absolute atomic E-state index is 12.7. The molecule has 0 saturated heterocycles. The lowest BCUT2D eigenvalue weighted by atomic mass is 10.1. The molecule has 0 aromatic heterocycles. The summed E-state index contributed by atoms with van der Waals surface area (Å²) in [7, 11) is -3.71. The zero-order valence-electron chi connectivity index (χ0n) is 13.2. The summed E-state index contributed by atoms with van der Waals surface area (Å²) < 4.78 is 28.9. The fourth-order valence-electron chi connectivity index (χ4n) is 2.57. The van der Waals surface area contributed by atoms with Gasteiger partial charge in [0.15, 0.2) is 0 Å². The summed E-state index contributed by atoms with van der Waals surface area (Å²) in [6.07, 6.45) is 1.01. The first-order valence-electron chi connectivity index (χ1n) is 7.22. The van der Waals surface area contributed by atoms with E-state index in [9.17, 15) is 13.2 Å². The Morgan fingerprint density at radius 2 is 2.00 bits per heavy atom. The average molecular weight is 389 g/mol. The van der Waals surface area contributed by atoms with Gasteiger partial charge in [-0.2, -0.15) is 0 Å². The average Bonchev–Trinajstić information content (AvgIpc) is 2.77. The van der Waals surface area contributed by atoms with Gasteiger partial charge < -0.3 is 4.90 Å². The van der Waals surface area contributed by atoms with Crippen LogP contribution in [0.1, 0.15) is 39.7 Å². The first kappa shape index (κ1) is 17.4. The van der Waals surface area contributed by atoms with E-state index in [-0.39, 0.29) is 10.8 Å². The van der Waals surface area contributed by atoms with Crippen LogP contribution in [0.2, 0.25) is 0 Å². The molecule has 1 aliphatic rings. The molecule has 1 aromatic rings. The van der Waals surface area contributed by atoms with Crippen LogP contribution in [0, 0.1) is 0 Å². The first-order valence-corrected chi connectivity index (χ1v) is 9.49. The molecular formula is C15H21BrN2O3S. The second-order valence-corrected chi connectivity index (χ2v) is 8.98. The molecule has 0 unspecified atom stereocenters. The van der Waals surface area contributed by atoms with Crippen molar-refractivity contribution in [3.63, 3.8) is 0 Å². The Kier molecular flexibility index (Phi) is 4.71. The van der Waals surface area contributed by atoms with Crippen molar-refractivity contribution >= 4 is 37.5 Å². The molecule has 2 rings (SSSR count). The van der Waals surface area contributed by atoms with Gasteiger partial charge in [-0.1, -0.05) is 22.9 Å². The molecule has 1 amide bonds. The number of nitrogens with zero attached hydrogens (tertiary/aromatic N) is 1. The third kappa shape index (κ3) is 3.52. The zero-order valence-corrected chi connectivity index (χ0v) is 15.6. The number of benzene rings is 1. The summed E-state index contributed by atoms with van der Waals surface area (Å²) in [6, 6.07) is 3.45. The second kappa shape index (κ2) is 5.94. The third-order valence-corrected chi connectivity index (χ3v) is 5.56.